The number of rotatable bonds is 4. The normalized spacial score (nSPS) is 10.2. The van der Waals surface area contributed by atoms with Gasteiger partial charge >= 0.3 is 0 Å². The number of nitrogen functional groups attached to an aromatic ring is 1. The molecule has 22 heavy (non-hydrogen) atoms. The summed E-state index contributed by atoms with van der Waals surface area (Å²) in [4.78, 5) is 17.8. The number of anilines is 3. The van der Waals surface area contributed by atoms with Crippen LogP contribution in [-0.2, 0) is 0 Å². The zero-order chi connectivity index (χ0) is 15.4. The minimum atomic E-state index is -0.374. The van der Waals surface area contributed by atoms with Crippen molar-refractivity contribution in [2.24, 2.45) is 0 Å². The van der Waals surface area contributed by atoms with Gasteiger partial charge in [-0.2, -0.15) is 0 Å². The molecule has 0 bridgehead atoms. The molecule has 0 aliphatic heterocycles. The lowest BCUT2D eigenvalue weighted by Crippen LogP contribution is -2.14. The van der Waals surface area contributed by atoms with E-state index in [0.717, 1.165) is 11.4 Å². The van der Waals surface area contributed by atoms with Crippen molar-refractivity contribution in [3.8, 4) is 11.5 Å². The first kappa shape index (κ1) is 13.7. The van der Waals surface area contributed by atoms with E-state index in [1.807, 2.05) is 54.6 Å². The van der Waals surface area contributed by atoms with Crippen molar-refractivity contribution in [2.75, 3.05) is 11.1 Å². The summed E-state index contributed by atoms with van der Waals surface area (Å²) in [6.07, 6.45) is 1.30. The highest BCUT2D eigenvalue weighted by Gasteiger charge is 2.05. The van der Waals surface area contributed by atoms with Gasteiger partial charge in [-0.05, 0) is 36.4 Å². The second kappa shape index (κ2) is 6.01. The van der Waals surface area contributed by atoms with Gasteiger partial charge in [-0.15, -0.1) is 0 Å². The van der Waals surface area contributed by atoms with Crippen molar-refractivity contribution in [2.45, 2.75) is 0 Å². The number of nitrogens with one attached hydrogen (secondary N) is 2. The lowest BCUT2D eigenvalue weighted by molar-refractivity contribution is 0.483. The zero-order valence-electron chi connectivity index (χ0n) is 11.6. The van der Waals surface area contributed by atoms with Gasteiger partial charge in [-0.25, -0.2) is 4.98 Å². The van der Waals surface area contributed by atoms with E-state index in [0.29, 0.717) is 11.6 Å². The molecule has 0 fully saturated rings. The number of nitrogens with zero attached hydrogens (tertiary/aromatic N) is 1. The molecule has 0 spiro atoms. The molecular formula is C16H14N4O2. The van der Waals surface area contributed by atoms with E-state index in [2.05, 4.69) is 15.3 Å². The molecule has 6 nitrogen and oxygen atoms in total. The maximum absolute atomic E-state index is 11.4. The van der Waals surface area contributed by atoms with Crippen molar-refractivity contribution in [3.05, 3.63) is 71.3 Å². The molecule has 3 aromatic rings. The highest BCUT2D eigenvalue weighted by Crippen LogP contribution is 2.24. The van der Waals surface area contributed by atoms with Crippen LogP contribution in [0.1, 0.15) is 0 Å². The number of para-hydroxylation sites is 1. The van der Waals surface area contributed by atoms with Crippen molar-refractivity contribution < 1.29 is 4.74 Å². The monoisotopic (exact) mass is 294 g/mol. The third-order valence-corrected chi connectivity index (χ3v) is 2.99. The van der Waals surface area contributed by atoms with Crippen LogP contribution in [0, 0.1) is 0 Å². The first-order valence-electron chi connectivity index (χ1n) is 6.65. The third kappa shape index (κ3) is 3.06. The Hall–Kier alpha value is -3.28. The van der Waals surface area contributed by atoms with E-state index >= 15 is 0 Å². The summed E-state index contributed by atoms with van der Waals surface area (Å²) in [7, 11) is 0. The van der Waals surface area contributed by atoms with E-state index in [4.69, 9.17) is 10.5 Å². The maximum atomic E-state index is 11.4. The number of hydrogen-bond acceptors (Lipinski definition) is 5. The Bertz CT molecular complexity index is 814. The van der Waals surface area contributed by atoms with E-state index in [9.17, 15) is 4.79 Å². The van der Waals surface area contributed by atoms with Crippen LogP contribution < -0.4 is 21.3 Å². The Kier molecular flexibility index (Phi) is 3.74. The van der Waals surface area contributed by atoms with Gasteiger partial charge in [0.05, 0.1) is 6.33 Å². The van der Waals surface area contributed by atoms with Crippen LogP contribution in [0.25, 0.3) is 0 Å². The molecule has 1 heterocycles. The fraction of sp³-hybridized carbons (Fsp3) is 0. The minimum Gasteiger partial charge on any atom is -0.457 e. The average Bonchev–Trinajstić information content (AvgIpc) is 2.55. The predicted octanol–water partition coefficient (Wildman–Crippen LogP) is 2.89. The van der Waals surface area contributed by atoms with E-state index < -0.39 is 0 Å². The second-order valence-electron chi connectivity index (χ2n) is 4.56. The quantitative estimate of drug-likeness (QED) is 0.688. The van der Waals surface area contributed by atoms with E-state index in [-0.39, 0.29) is 11.2 Å². The summed E-state index contributed by atoms with van der Waals surface area (Å²) in [6, 6.07) is 16.8. The first-order valence-corrected chi connectivity index (χ1v) is 6.65. The summed E-state index contributed by atoms with van der Waals surface area (Å²) in [5, 5.41) is 2.99. The molecule has 0 saturated carbocycles. The standard InChI is InChI=1S/C16H14N4O2/c17-14-15(18-10-19-16(14)21)20-11-6-8-13(9-7-11)22-12-4-2-1-3-5-12/h1-10H,17H2,(H2,18,19,20,21). The Balaban J connectivity index is 1.74. The van der Waals surface area contributed by atoms with Gasteiger partial charge < -0.3 is 20.8 Å². The first-order chi connectivity index (χ1) is 10.7. The molecule has 6 heteroatoms. The number of nitrogens with two attached hydrogens (primary N) is 1. The van der Waals surface area contributed by atoms with Crippen molar-refractivity contribution in [3.63, 3.8) is 0 Å². The average molecular weight is 294 g/mol. The molecule has 0 saturated heterocycles. The second-order valence-corrected chi connectivity index (χ2v) is 4.56. The van der Waals surface area contributed by atoms with Crippen LogP contribution in [0.2, 0.25) is 0 Å². The fourth-order valence-corrected chi connectivity index (χ4v) is 1.88. The summed E-state index contributed by atoms with van der Waals surface area (Å²) in [5.41, 5.74) is 6.10. The summed E-state index contributed by atoms with van der Waals surface area (Å²) in [6.45, 7) is 0. The number of aromatic amines is 1. The Morgan fingerprint density at radius 3 is 2.41 bits per heavy atom. The molecule has 3 rings (SSSR count). The predicted molar refractivity (Wildman–Crippen MR) is 85.5 cm³/mol. The lowest BCUT2D eigenvalue weighted by Gasteiger charge is -2.09. The molecule has 0 amide bonds. The number of ether oxygens (including phenoxy) is 1. The van der Waals surface area contributed by atoms with Gasteiger partial charge in [0.15, 0.2) is 5.82 Å². The van der Waals surface area contributed by atoms with Crippen LogP contribution in [0.5, 0.6) is 11.5 Å². The summed E-state index contributed by atoms with van der Waals surface area (Å²) < 4.78 is 5.70. The molecular weight excluding hydrogens is 280 g/mol. The molecule has 0 unspecified atom stereocenters. The van der Waals surface area contributed by atoms with Crippen molar-refractivity contribution in [1.82, 2.24) is 9.97 Å². The van der Waals surface area contributed by atoms with Gasteiger partial charge in [-0.1, -0.05) is 18.2 Å². The van der Waals surface area contributed by atoms with Crippen LogP contribution in [0.4, 0.5) is 17.2 Å². The van der Waals surface area contributed by atoms with Crippen molar-refractivity contribution >= 4 is 17.2 Å². The highest BCUT2D eigenvalue weighted by atomic mass is 16.5. The molecule has 0 radical (unpaired) electrons. The largest absolute Gasteiger partial charge is 0.457 e. The molecule has 110 valence electrons. The van der Waals surface area contributed by atoms with Crippen LogP contribution >= 0.6 is 0 Å². The van der Waals surface area contributed by atoms with E-state index in [1.54, 1.807) is 0 Å². The molecule has 0 atom stereocenters. The molecule has 0 aliphatic carbocycles. The molecule has 0 aliphatic rings. The summed E-state index contributed by atoms with van der Waals surface area (Å²) in [5.74, 6) is 1.80. The number of H-pyrrole nitrogens is 1. The van der Waals surface area contributed by atoms with Gasteiger partial charge in [0.2, 0.25) is 0 Å². The Morgan fingerprint density at radius 2 is 1.68 bits per heavy atom. The van der Waals surface area contributed by atoms with Gasteiger partial charge in [0.1, 0.15) is 17.2 Å². The Morgan fingerprint density at radius 1 is 1.00 bits per heavy atom. The number of benzene rings is 2. The highest BCUT2D eigenvalue weighted by molar-refractivity contribution is 5.67. The zero-order valence-corrected chi connectivity index (χ0v) is 11.6. The van der Waals surface area contributed by atoms with Crippen LogP contribution in [0.3, 0.4) is 0 Å². The number of aromatic nitrogens is 2. The van der Waals surface area contributed by atoms with Gasteiger partial charge in [0, 0.05) is 5.69 Å². The third-order valence-electron chi connectivity index (χ3n) is 2.99. The molecule has 2 aromatic carbocycles. The van der Waals surface area contributed by atoms with Crippen LogP contribution in [-0.4, -0.2) is 9.97 Å². The fourth-order valence-electron chi connectivity index (χ4n) is 1.88. The smallest absolute Gasteiger partial charge is 0.276 e. The summed E-state index contributed by atoms with van der Waals surface area (Å²) >= 11 is 0. The van der Waals surface area contributed by atoms with Gasteiger partial charge in [-0.3, -0.25) is 4.79 Å². The molecule has 1 aromatic heterocycles. The van der Waals surface area contributed by atoms with Gasteiger partial charge in [0.25, 0.3) is 5.56 Å². The van der Waals surface area contributed by atoms with Crippen molar-refractivity contribution in [1.29, 1.82) is 0 Å². The van der Waals surface area contributed by atoms with Crippen LogP contribution in [0.15, 0.2) is 65.7 Å². The number of hydrogen-bond donors (Lipinski definition) is 3. The minimum absolute atomic E-state index is 0.0483. The SMILES string of the molecule is Nc1c(Nc2ccc(Oc3ccccc3)cc2)nc[nH]c1=O. The topological polar surface area (TPSA) is 93.0 Å². The Labute approximate surface area is 126 Å². The van der Waals surface area contributed by atoms with E-state index in [1.165, 1.54) is 6.33 Å². The lowest BCUT2D eigenvalue weighted by atomic mass is 10.3. The maximum Gasteiger partial charge on any atom is 0.276 e. The molecule has 4 N–H and O–H groups in total.